The van der Waals surface area contributed by atoms with Crippen LogP contribution < -0.4 is 5.32 Å². The third-order valence-electron chi connectivity index (χ3n) is 2.75. The van der Waals surface area contributed by atoms with E-state index in [9.17, 15) is 4.39 Å². The minimum absolute atomic E-state index is 0.191. The molecule has 106 valence electrons. The predicted octanol–water partition coefficient (Wildman–Crippen LogP) is 5.24. The molecule has 0 spiro atoms. The van der Waals surface area contributed by atoms with Gasteiger partial charge in [-0.1, -0.05) is 47.6 Å². The van der Waals surface area contributed by atoms with Crippen LogP contribution in [0, 0.1) is 5.82 Å². The highest BCUT2D eigenvalue weighted by Crippen LogP contribution is 2.32. The Morgan fingerprint density at radius 3 is 2.70 bits per heavy atom. The minimum Gasteiger partial charge on any atom is -0.310 e. The van der Waals surface area contributed by atoms with Crippen molar-refractivity contribution < 1.29 is 4.39 Å². The zero-order valence-electron chi connectivity index (χ0n) is 11.5. The van der Waals surface area contributed by atoms with Crippen molar-refractivity contribution in [3.05, 3.63) is 58.3 Å². The van der Waals surface area contributed by atoms with Crippen molar-refractivity contribution in [3.63, 3.8) is 0 Å². The summed E-state index contributed by atoms with van der Waals surface area (Å²) in [5, 5.41) is 3.34. The first-order chi connectivity index (χ1) is 9.54. The molecule has 0 unspecified atom stereocenters. The first kappa shape index (κ1) is 15.5. The Bertz CT molecular complexity index is 586. The highest BCUT2D eigenvalue weighted by atomic mass is 79.9. The first-order valence-corrected chi connectivity index (χ1v) is 8.11. The van der Waals surface area contributed by atoms with Crippen LogP contribution in [0.1, 0.15) is 19.4 Å². The van der Waals surface area contributed by atoms with Crippen molar-refractivity contribution in [1.82, 2.24) is 5.32 Å². The van der Waals surface area contributed by atoms with E-state index in [1.54, 1.807) is 17.8 Å². The van der Waals surface area contributed by atoms with Gasteiger partial charge in [0.1, 0.15) is 5.82 Å². The van der Waals surface area contributed by atoms with Crippen molar-refractivity contribution in [3.8, 4) is 0 Å². The highest BCUT2D eigenvalue weighted by molar-refractivity contribution is 9.10. The van der Waals surface area contributed by atoms with Gasteiger partial charge in [-0.05, 0) is 42.0 Å². The van der Waals surface area contributed by atoms with Crippen molar-refractivity contribution in [2.75, 3.05) is 0 Å². The lowest BCUT2D eigenvalue weighted by Gasteiger charge is -2.12. The van der Waals surface area contributed by atoms with Gasteiger partial charge in [0.05, 0.1) is 0 Å². The maximum atomic E-state index is 13.4. The average Bonchev–Trinajstić information content (AvgIpc) is 2.39. The SMILES string of the molecule is CC(C)NCc1cc(F)ccc1Sc1cccc(Br)c1. The number of rotatable bonds is 5. The molecule has 0 atom stereocenters. The maximum Gasteiger partial charge on any atom is 0.123 e. The van der Waals surface area contributed by atoms with Gasteiger partial charge in [0.15, 0.2) is 0 Å². The van der Waals surface area contributed by atoms with E-state index >= 15 is 0 Å². The third-order valence-corrected chi connectivity index (χ3v) is 4.35. The number of hydrogen-bond donors (Lipinski definition) is 1. The molecule has 0 radical (unpaired) electrons. The molecule has 0 aliphatic rings. The van der Waals surface area contributed by atoms with Gasteiger partial charge in [-0.3, -0.25) is 0 Å². The van der Waals surface area contributed by atoms with Crippen LogP contribution in [-0.4, -0.2) is 6.04 Å². The van der Waals surface area contributed by atoms with Gasteiger partial charge in [-0.15, -0.1) is 0 Å². The van der Waals surface area contributed by atoms with Gasteiger partial charge in [0.25, 0.3) is 0 Å². The van der Waals surface area contributed by atoms with Crippen LogP contribution in [-0.2, 0) is 6.54 Å². The second kappa shape index (κ2) is 7.25. The van der Waals surface area contributed by atoms with Crippen LogP contribution in [0.2, 0.25) is 0 Å². The lowest BCUT2D eigenvalue weighted by atomic mass is 10.2. The summed E-state index contributed by atoms with van der Waals surface area (Å²) in [4.78, 5) is 2.22. The van der Waals surface area contributed by atoms with E-state index in [-0.39, 0.29) is 5.82 Å². The van der Waals surface area contributed by atoms with E-state index in [1.165, 1.54) is 6.07 Å². The van der Waals surface area contributed by atoms with E-state index in [1.807, 2.05) is 18.2 Å². The van der Waals surface area contributed by atoms with Crippen molar-refractivity contribution >= 4 is 27.7 Å². The monoisotopic (exact) mass is 353 g/mol. The lowest BCUT2D eigenvalue weighted by Crippen LogP contribution is -2.22. The highest BCUT2D eigenvalue weighted by Gasteiger charge is 2.07. The largest absolute Gasteiger partial charge is 0.310 e. The van der Waals surface area contributed by atoms with Gasteiger partial charge in [0.2, 0.25) is 0 Å². The van der Waals surface area contributed by atoms with E-state index < -0.39 is 0 Å². The molecule has 20 heavy (non-hydrogen) atoms. The summed E-state index contributed by atoms with van der Waals surface area (Å²) in [6.07, 6.45) is 0. The molecule has 0 bridgehead atoms. The third kappa shape index (κ3) is 4.62. The number of hydrogen-bond acceptors (Lipinski definition) is 2. The van der Waals surface area contributed by atoms with Gasteiger partial charge < -0.3 is 5.32 Å². The summed E-state index contributed by atoms with van der Waals surface area (Å²) in [6.45, 7) is 4.84. The van der Waals surface area contributed by atoms with Crippen LogP contribution in [0.15, 0.2) is 56.7 Å². The lowest BCUT2D eigenvalue weighted by molar-refractivity contribution is 0.576. The molecular weight excluding hydrogens is 337 g/mol. The molecule has 0 aromatic heterocycles. The second-order valence-corrected chi connectivity index (χ2v) is 6.88. The fourth-order valence-corrected chi connectivity index (χ4v) is 3.29. The summed E-state index contributed by atoms with van der Waals surface area (Å²) in [6, 6.07) is 13.5. The molecule has 2 aromatic carbocycles. The van der Waals surface area contributed by atoms with Gasteiger partial charge in [-0.2, -0.15) is 0 Å². The van der Waals surface area contributed by atoms with Crippen LogP contribution >= 0.6 is 27.7 Å². The van der Waals surface area contributed by atoms with Gasteiger partial charge in [0, 0.05) is 26.9 Å². The molecule has 0 aliphatic heterocycles. The maximum absolute atomic E-state index is 13.4. The Morgan fingerprint density at radius 2 is 2.00 bits per heavy atom. The van der Waals surface area contributed by atoms with Crippen molar-refractivity contribution in [2.45, 2.75) is 36.2 Å². The molecule has 1 N–H and O–H groups in total. The summed E-state index contributed by atoms with van der Waals surface area (Å²) in [5.74, 6) is -0.191. The summed E-state index contributed by atoms with van der Waals surface area (Å²) in [5.41, 5.74) is 0.990. The zero-order chi connectivity index (χ0) is 14.5. The normalized spacial score (nSPS) is 11.1. The van der Waals surface area contributed by atoms with Crippen LogP contribution in [0.25, 0.3) is 0 Å². The Balaban J connectivity index is 2.21. The predicted molar refractivity (Wildman–Crippen MR) is 86.6 cm³/mol. The Labute approximate surface area is 132 Å². The number of nitrogens with one attached hydrogen (secondary N) is 1. The first-order valence-electron chi connectivity index (χ1n) is 6.50. The standard InChI is InChI=1S/C16H17BrFNS/c1-11(2)19-10-12-8-14(18)6-7-16(12)20-15-5-3-4-13(17)9-15/h3-9,11,19H,10H2,1-2H3. The molecule has 4 heteroatoms. The summed E-state index contributed by atoms with van der Waals surface area (Å²) in [7, 11) is 0. The second-order valence-electron chi connectivity index (χ2n) is 4.85. The molecule has 1 nitrogen and oxygen atoms in total. The van der Waals surface area contributed by atoms with Crippen LogP contribution in [0.5, 0.6) is 0 Å². The van der Waals surface area contributed by atoms with Crippen molar-refractivity contribution in [1.29, 1.82) is 0 Å². The molecule has 0 aliphatic carbocycles. The number of halogens is 2. The van der Waals surface area contributed by atoms with Crippen molar-refractivity contribution in [2.24, 2.45) is 0 Å². The molecule has 2 aromatic rings. The molecule has 2 rings (SSSR count). The van der Waals surface area contributed by atoms with Crippen LogP contribution in [0.4, 0.5) is 4.39 Å². The van der Waals surface area contributed by atoms with E-state index in [4.69, 9.17) is 0 Å². The summed E-state index contributed by atoms with van der Waals surface area (Å²) >= 11 is 5.12. The smallest absolute Gasteiger partial charge is 0.123 e. The van der Waals surface area contributed by atoms with Crippen LogP contribution in [0.3, 0.4) is 0 Å². The molecule has 0 heterocycles. The molecule has 0 saturated carbocycles. The zero-order valence-corrected chi connectivity index (χ0v) is 13.9. The Hall–Kier alpha value is -0.840. The average molecular weight is 354 g/mol. The topological polar surface area (TPSA) is 12.0 Å². The fourth-order valence-electron chi connectivity index (χ4n) is 1.76. The van der Waals surface area contributed by atoms with E-state index in [0.717, 1.165) is 19.8 Å². The molecular formula is C16H17BrFNS. The van der Waals surface area contributed by atoms with Gasteiger partial charge >= 0.3 is 0 Å². The van der Waals surface area contributed by atoms with E-state index in [2.05, 4.69) is 47.2 Å². The fraction of sp³-hybridized carbons (Fsp3) is 0.250. The Kier molecular flexibility index (Phi) is 5.64. The molecule has 0 saturated heterocycles. The Morgan fingerprint density at radius 1 is 1.20 bits per heavy atom. The van der Waals surface area contributed by atoms with Gasteiger partial charge in [-0.25, -0.2) is 4.39 Å². The molecule has 0 amide bonds. The minimum atomic E-state index is -0.191. The molecule has 0 fully saturated rings. The van der Waals surface area contributed by atoms with E-state index in [0.29, 0.717) is 12.6 Å². The number of benzene rings is 2. The quantitative estimate of drug-likeness (QED) is 0.788. The summed E-state index contributed by atoms with van der Waals surface area (Å²) < 4.78 is 14.5.